The Kier molecular flexibility index (Phi) is 6.43. The van der Waals surface area contributed by atoms with Crippen LogP contribution in [0, 0.1) is 0 Å². The minimum absolute atomic E-state index is 0. The number of halogens is 1. The molecule has 1 aliphatic rings. The van der Waals surface area contributed by atoms with Gasteiger partial charge in [0.05, 0.1) is 16.1 Å². The van der Waals surface area contributed by atoms with Crippen molar-refractivity contribution in [1.82, 2.24) is 4.98 Å². The van der Waals surface area contributed by atoms with Crippen molar-refractivity contribution in [2.75, 3.05) is 11.9 Å². The first kappa shape index (κ1) is 21.6. The van der Waals surface area contributed by atoms with Crippen molar-refractivity contribution >= 4 is 46.6 Å². The predicted molar refractivity (Wildman–Crippen MR) is 127 cm³/mol. The lowest BCUT2D eigenvalue weighted by atomic mass is 10.1. The first-order chi connectivity index (χ1) is 14.7. The summed E-state index contributed by atoms with van der Waals surface area (Å²) < 4.78 is 2.24. The maximum Gasteiger partial charge on any atom is 0.213 e. The van der Waals surface area contributed by atoms with E-state index in [-0.39, 0.29) is 24.0 Å². The third-order valence-corrected chi connectivity index (χ3v) is 6.61. The summed E-state index contributed by atoms with van der Waals surface area (Å²) in [6, 6.07) is 23.4. The molecule has 0 N–H and O–H groups in total. The topological polar surface area (TPSA) is 20.0 Å². The van der Waals surface area contributed by atoms with Crippen LogP contribution >= 0.6 is 11.8 Å². The molecule has 0 saturated carbocycles. The number of benzene rings is 2. The third kappa shape index (κ3) is 4.25. The molecule has 0 spiro atoms. The Morgan fingerprint density at radius 1 is 0.968 bits per heavy atom. The molecule has 5 rings (SSSR count). The second-order valence-corrected chi connectivity index (χ2v) is 8.39. The lowest BCUT2D eigenvalue weighted by molar-refractivity contribution is -0.646. The molecule has 2 aromatic carbocycles. The number of para-hydroxylation sites is 2. The van der Waals surface area contributed by atoms with Crippen LogP contribution in [0.15, 0.2) is 89.0 Å². The summed E-state index contributed by atoms with van der Waals surface area (Å²) in [6.45, 7) is 0. The number of hydrogen-bond donors (Lipinski definition) is 0. The minimum Gasteiger partial charge on any atom is -1.00 e. The summed E-state index contributed by atoms with van der Waals surface area (Å²) in [5.74, 6) is 0. The lowest BCUT2D eigenvalue weighted by Crippen LogP contribution is -3.00. The van der Waals surface area contributed by atoms with Crippen LogP contribution in [-0.4, -0.2) is 12.0 Å². The Morgan fingerprint density at radius 3 is 2.58 bits per heavy atom. The van der Waals surface area contributed by atoms with E-state index >= 15 is 0 Å². The highest BCUT2D eigenvalue weighted by molar-refractivity contribution is 8.03. The molecule has 0 fully saturated rings. The van der Waals surface area contributed by atoms with Gasteiger partial charge < -0.3 is 28.9 Å². The molecule has 0 unspecified atom stereocenters. The Hall–Kier alpha value is -2.64. The summed E-state index contributed by atoms with van der Waals surface area (Å²) in [4.78, 5) is 7.78. The predicted octanol–water partition coefficient (Wildman–Crippen LogP) is 2.77. The number of hydrogen-bond acceptors (Lipinski definition) is 3. The van der Waals surface area contributed by atoms with Gasteiger partial charge in [0, 0.05) is 42.5 Å². The number of aryl methyl sites for hydroxylation is 1. The van der Waals surface area contributed by atoms with Crippen LogP contribution in [0.4, 0.5) is 5.69 Å². The monoisotopic (exact) mass is 535 g/mol. The average molecular weight is 535 g/mol. The zero-order valence-corrected chi connectivity index (χ0v) is 20.3. The van der Waals surface area contributed by atoms with E-state index in [0.29, 0.717) is 0 Å². The van der Waals surface area contributed by atoms with Gasteiger partial charge in [0.1, 0.15) is 7.05 Å². The molecule has 3 nitrogen and oxygen atoms in total. The van der Waals surface area contributed by atoms with Crippen molar-refractivity contribution in [2.45, 2.75) is 4.90 Å². The number of thioether (sulfide) groups is 1. The number of pyridine rings is 2. The van der Waals surface area contributed by atoms with Crippen molar-refractivity contribution < 1.29 is 28.5 Å². The van der Waals surface area contributed by atoms with E-state index in [9.17, 15) is 0 Å². The van der Waals surface area contributed by atoms with Crippen molar-refractivity contribution in [2.24, 2.45) is 7.05 Å². The quantitative estimate of drug-likeness (QED) is 0.298. The maximum atomic E-state index is 4.21. The first-order valence-electron chi connectivity index (χ1n) is 9.93. The van der Waals surface area contributed by atoms with Gasteiger partial charge in [0.2, 0.25) is 11.2 Å². The molecule has 5 heteroatoms. The van der Waals surface area contributed by atoms with Crippen molar-refractivity contribution in [3.63, 3.8) is 0 Å². The van der Waals surface area contributed by atoms with E-state index in [0.717, 1.165) is 11.3 Å². The van der Waals surface area contributed by atoms with E-state index in [1.54, 1.807) is 6.20 Å². The van der Waals surface area contributed by atoms with Crippen molar-refractivity contribution in [3.05, 3.63) is 101 Å². The molecule has 0 radical (unpaired) electrons. The second-order valence-electron chi connectivity index (χ2n) is 7.33. The van der Waals surface area contributed by atoms with Crippen LogP contribution in [0.2, 0.25) is 0 Å². The fraction of sp³-hybridized carbons (Fsp3) is 0.0769. The largest absolute Gasteiger partial charge is 1.00 e. The Bertz CT molecular complexity index is 1300. The highest BCUT2D eigenvalue weighted by Crippen LogP contribution is 2.45. The highest BCUT2D eigenvalue weighted by atomic mass is 127. The Balaban J connectivity index is 0.00000231. The van der Waals surface area contributed by atoms with Crippen LogP contribution in [0.1, 0.15) is 16.8 Å². The van der Waals surface area contributed by atoms with Gasteiger partial charge in [-0.15, -0.1) is 0 Å². The summed E-state index contributed by atoms with van der Waals surface area (Å²) >= 11 is 1.82. The van der Waals surface area contributed by atoms with Gasteiger partial charge >= 0.3 is 0 Å². The molecule has 154 valence electrons. The molecule has 31 heavy (non-hydrogen) atoms. The molecule has 2 aromatic heterocycles. The average Bonchev–Trinajstić information content (AvgIpc) is 3.11. The van der Waals surface area contributed by atoms with E-state index < -0.39 is 0 Å². The minimum atomic E-state index is 0. The van der Waals surface area contributed by atoms with Gasteiger partial charge in [0.25, 0.3) is 0 Å². The summed E-state index contributed by atoms with van der Waals surface area (Å²) in [6.07, 6.45) is 10.2. The number of aromatic nitrogens is 2. The molecule has 0 bridgehead atoms. The molecule has 1 aliphatic heterocycles. The van der Waals surface area contributed by atoms with Crippen LogP contribution in [0.25, 0.3) is 29.1 Å². The van der Waals surface area contributed by atoms with Crippen LogP contribution in [0.5, 0.6) is 0 Å². The molecule has 0 atom stereocenters. The maximum absolute atomic E-state index is 4.21. The molecule has 0 aliphatic carbocycles. The van der Waals surface area contributed by atoms with Crippen molar-refractivity contribution in [3.8, 4) is 0 Å². The van der Waals surface area contributed by atoms with Crippen LogP contribution in [-0.2, 0) is 7.05 Å². The van der Waals surface area contributed by atoms with Gasteiger partial charge in [-0.3, -0.25) is 4.98 Å². The summed E-state index contributed by atoms with van der Waals surface area (Å²) in [5, 5.41) is 2.48. The summed E-state index contributed by atoms with van der Waals surface area (Å²) in [7, 11) is 4.26. The van der Waals surface area contributed by atoms with E-state index in [2.05, 4.69) is 107 Å². The van der Waals surface area contributed by atoms with Crippen LogP contribution in [0.3, 0.4) is 0 Å². The molecular formula is C26H22IN3S. The zero-order valence-electron chi connectivity index (χ0n) is 17.4. The lowest BCUT2D eigenvalue weighted by Gasteiger charge is -2.14. The van der Waals surface area contributed by atoms with Gasteiger partial charge in [0.15, 0.2) is 0 Å². The van der Waals surface area contributed by atoms with E-state index in [1.807, 2.05) is 24.0 Å². The second kappa shape index (κ2) is 9.24. The Labute approximate surface area is 204 Å². The number of rotatable bonds is 3. The van der Waals surface area contributed by atoms with Gasteiger partial charge in [-0.25, -0.2) is 0 Å². The van der Waals surface area contributed by atoms with Gasteiger partial charge in [-0.1, -0.05) is 42.1 Å². The third-order valence-electron chi connectivity index (χ3n) is 5.45. The first-order valence-corrected chi connectivity index (χ1v) is 10.7. The smallest absolute Gasteiger partial charge is 0.213 e. The zero-order chi connectivity index (χ0) is 20.5. The number of nitrogens with zero attached hydrogens (tertiary/aromatic N) is 3. The fourth-order valence-electron chi connectivity index (χ4n) is 3.80. The molecular weight excluding hydrogens is 513 g/mol. The van der Waals surface area contributed by atoms with Crippen LogP contribution < -0.4 is 33.4 Å². The van der Waals surface area contributed by atoms with Crippen molar-refractivity contribution in [1.29, 1.82) is 0 Å². The normalized spacial score (nSPS) is 14.3. The number of fused-ring (bicyclic) bond motifs is 2. The molecule has 3 heterocycles. The highest BCUT2D eigenvalue weighted by Gasteiger charge is 2.22. The standard InChI is InChI=1S/C26H22N3S.HI/c1-28-21(14-13-19-8-7-15-27-18-19)16-20(22-9-3-4-10-23(22)28)17-26-29(2)24-11-5-6-12-25(24)30-26;/h3-18H,1-2H3;1H/q+1;/p-1. The fourth-order valence-corrected chi connectivity index (χ4v) is 4.90. The summed E-state index contributed by atoms with van der Waals surface area (Å²) in [5.41, 5.74) is 5.92. The molecule has 4 aromatic rings. The molecule has 0 amide bonds. The molecule has 0 saturated heterocycles. The SMILES string of the molecule is CN1/C(=C/c2cc(/C=C/c3cccnc3)[n+](C)c3ccccc23)Sc2ccccc21.[I-]. The Morgan fingerprint density at radius 2 is 1.77 bits per heavy atom. The van der Waals surface area contributed by atoms with E-state index in [1.165, 1.54) is 32.1 Å². The van der Waals surface area contributed by atoms with Gasteiger partial charge in [-0.05, 0) is 47.5 Å². The number of anilines is 1. The van der Waals surface area contributed by atoms with Gasteiger partial charge in [-0.2, -0.15) is 4.57 Å². The van der Waals surface area contributed by atoms with E-state index in [4.69, 9.17) is 0 Å².